The molecule has 3 heterocycles. The van der Waals surface area contributed by atoms with Crippen molar-refractivity contribution in [3.63, 3.8) is 0 Å². The summed E-state index contributed by atoms with van der Waals surface area (Å²) in [5, 5.41) is 2.98. The van der Waals surface area contributed by atoms with Gasteiger partial charge < -0.3 is 19.9 Å². The number of aryl methyl sites for hydroxylation is 1. The molecule has 4 aliphatic rings. The molecule has 4 fully saturated rings. The minimum atomic E-state index is -0.344. The van der Waals surface area contributed by atoms with Gasteiger partial charge in [0.1, 0.15) is 6.61 Å². The Morgan fingerprint density at radius 2 is 1.96 bits per heavy atom. The fourth-order valence-electron chi connectivity index (χ4n) is 5.54. The van der Waals surface area contributed by atoms with E-state index in [4.69, 9.17) is 4.74 Å². The summed E-state index contributed by atoms with van der Waals surface area (Å²) in [6.45, 7) is 5.70. The number of urea groups is 1. The number of nitrogens with zero attached hydrogens (tertiary/aromatic N) is 2. The Kier molecular flexibility index (Phi) is 3.76. The van der Waals surface area contributed by atoms with Crippen molar-refractivity contribution in [2.45, 2.75) is 31.7 Å². The van der Waals surface area contributed by atoms with Gasteiger partial charge in [-0.2, -0.15) is 0 Å². The van der Waals surface area contributed by atoms with Crippen LogP contribution in [0.2, 0.25) is 0 Å². The van der Waals surface area contributed by atoms with E-state index in [-0.39, 0.29) is 24.1 Å². The number of morpholine rings is 1. The van der Waals surface area contributed by atoms with Gasteiger partial charge in [-0.1, -0.05) is 29.8 Å². The first-order chi connectivity index (χ1) is 12.9. The maximum atomic E-state index is 12.7. The van der Waals surface area contributed by atoms with E-state index < -0.39 is 0 Å². The third kappa shape index (κ3) is 3.00. The van der Waals surface area contributed by atoms with Crippen molar-refractivity contribution in [1.29, 1.82) is 0 Å². The molecule has 5 rings (SSSR count). The highest BCUT2D eigenvalue weighted by molar-refractivity contribution is 5.81. The molecule has 1 N–H and O–H groups in total. The highest BCUT2D eigenvalue weighted by Gasteiger charge is 2.56. The van der Waals surface area contributed by atoms with E-state index in [9.17, 15) is 9.59 Å². The molecule has 6 nitrogen and oxygen atoms in total. The molecule has 3 amide bonds. The number of likely N-dealkylation sites (tertiary alicyclic amines) is 2. The predicted octanol–water partition coefficient (Wildman–Crippen LogP) is 1.57. The van der Waals surface area contributed by atoms with Crippen LogP contribution in [0.15, 0.2) is 24.3 Å². The van der Waals surface area contributed by atoms with E-state index >= 15 is 0 Å². The van der Waals surface area contributed by atoms with E-state index in [2.05, 4.69) is 36.5 Å². The maximum absolute atomic E-state index is 12.7. The lowest BCUT2D eigenvalue weighted by molar-refractivity contribution is -0.142. The second-order valence-electron chi connectivity index (χ2n) is 9.28. The zero-order valence-corrected chi connectivity index (χ0v) is 15.9. The number of carbonyl (C=O) groups excluding carboxylic acids is 2. The predicted molar refractivity (Wildman–Crippen MR) is 100 cm³/mol. The SMILES string of the molecule is Cc1cccc(CC2CC3(C2)CN(C(=O)N2CC4(COCC(=O)N4)C2)C3)c1. The van der Waals surface area contributed by atoms with Gasteiger partial charge in [0.2, 0.25) is 5.91 Å². The number of hydrogen-bond donors (Lipinski definition) is 1. The van der Waals surface area contributed by atoms with Crippen molar-refractivity contribution in [2.24, 2.45) is 11.3 Å². The normalized spacial score (nSPS) is 25.6. The standard InChI is InChI=1S/C21H27N3O3/c1-15-3-2-4-16(5-15)6-17-7-20(8-17)10-23(11-20)19(26)24-12-21(13-24)14-27-9-18(25)22-21/h2-5,17H,6-14H2,1H3,(H,22,25). The van der Waals surface area contributed by atoms with Gasteiger partial charge >= 0.3 is 6.03 Å². The average molecular weight is 369 g/mol. The Morgan fingerprint density at radius 3 is 2.67 bits per heavy atom. The molecule has 3 aliphatic heterocycles. The van der Waals surface area contributed by atoms with Crippen LogP contribution in [0.1, 0.15) is 24.0 Å². The summed E-state index contributed by atoms with van der Waals surface area (Å²) in [5.41, 5.74) is 2.79. The highest BCUT2D eigenvalue weighted by atomic mass is 16.5. The smallest absolute Gasteiger partial charge is 0.320 e. The molecule has 1 aliphatic carbocycles. The number of amides is 3. The van der Waals surface area contributed by atoms with Gasteiger partial charge in [-0.15, -0.1) is 0 Å². The Labute approximate surface area is 159 Å². The van der Waals surface area contributed by atoms with Crippen molar-refractivity contribution in [3.05, 3.63) is 35.4 Å². The van der Waals surface area contributed by atoms with Gasteiger partial charge in [-0.25, -0.2) is 4.79 Å². The highest BCUT2D eigenvalue weighted by Crippen LogP contribution is 2.53. The van der Waals surface area contributed by atoms with Crippen LogP contribution >= 0.6 is 0 Å². The molecule has 0 atom stereocenters. The lowest BCUT2D eigenvalue weighted by atomic mass is 9.56. The maximum Gasteiger partial charge on any atom is 0.320 e. The molecule has 1 aromatic rings. The first-order valence-electron chi connectivity index (χ1n) is 9.93. The molecule has 0 radical (unpaired) electrons. The second-order valence-corrected chi connectivity index (χ2v) is 9.28. The number of carbonyl (C=O) groups is 2. The third-order valence-electron chi connectivity index (χ3n) is 6.65. The van der Waals surface area contributed by atoms with Crippen LogP contribution in [0, 0.1) is 18.3 Å². The Morgan fingerprint density at radius 1 is 1.22 bits per heavy atom. The van der Waals surface area contributed by atoms with Crippen LogP contribution in [-0.4, -0.2) is 66.7 Å². The summed E-state index contributed by atoms with van der Waals surface area (Å²) in [4.78, 5) is 28.0. The number of rotatable bonds is 2. The van der Waals surface area contributed by atoms with Crippen LogP contribution in [0.25, 0.3) is 0 Å². The summed E-state index contributed by atoms with van der Waals surface area (Å²) in [5.74, 6) is 0.677. The lowest BCUT2D eigenvalue weighted by Gasteiger charge is -2.61. The van der Waals surface area contributed by atoms with E-state index in [0.717, 1.165) is 25.4 Å². The summed E-state index contributed by atoms with van der Waals surface area (Å²) < 4.78 is 5.33. The van der Waals surface area contributed by atoms with Crippen molar-refractivity contribution in [2.75, 3.05) is 39.4 Å². The van der Waals surface area contributed by atoms with Crippen LogP contribution in [-0.2, 0) is 16.0 Å². The molecule has 2 spiro atoms. The molecule has 0 unspecified atom stereocenters. The molecular weight excluding hydrogens is 342 g/mol. The van der Waals surface area contributed by atoms with E-state index in [1.807, 2.05) is 9.80 Å². The van der Waals surface area contributed by atoms with Crippen LogP contribution in [0.5, 0.6) is 0 Å². The van der Waals surface area contributed by atoms with Crippen molar-refractivity contribution in [3.8, 4) is 0 Å². The quantitative estimate of drug-likeness (QED) is 0.861. The molecule has 6 heteroatoms. The van der Waals surface area contributed by atoms with E-state index in [1.165, 1.54) is 24.0 Å². The minimum absolute atomic E-state index is 0.0784. The van der Waals surface area contributed by atoms with E-state index in [1.54, 1.807) is 0 Å². The zero-order valence-electron chi connectivity index (χ0n) is 15.9. The Bertz CT molecular complexity index is 773. The van der Waals surface area contributed by atoms with Crippen molar-refractivity contribution >= 4 is 11.9 Å². The molecular formula is C21H27N3O3. The van der Waals surface area contributed by atoms with E-state index in [0.29, 0.717) is 25.1 Å². The summed E-state index contributed by atoms with van der Waals surface area (Å²) in [6, 6.07) is 8.92. The second kappa shape index (κ2) is 5.96. The molecule has 0 bridgehead atoms. The van der Waals surface area contributed by atoms with Crippen LogP contribution in [0.4, 0.5) is 4.79 Å². The van der Waals surface area contributed by atoms with Crippen LogP contribution < -0.4 is 5.32 Å². The average Bonchev–Trinajstić information content (AvgIpc) is 2.53. The summed E-state index contributed by atoms with van der Waals surface area (Å²) in [7, 11) is 0. The Balaban J connectivity index is 1.07. The monoisotopic (exact) mass is 369 g/mol. The van der Waals surface area contributed by atoms with Crippen molar-refractivity contribution in [1.82, 2.24) is 15.1 Å². The Hall–Kier alpha value is -2.08. The summed E-state index contributed by atoms with van der Waals surface area (Å²) in [6.07, 6.45) is 3.63. The number of benzene rings is 1. The topological polar surface area (TPSA) is 61.9 Å². The van der Waals surface area contributed by atoms with Gasteiger partial charge in [0.25, 0.3) is 0 Å². The number of ether oxygens (including phenoxy) is 1. The first kappa shape index (κ1) is 17.0. The van der Waals surface area contributed by atoms with Gasteiger partial charge in [0.05, 0.1) is 12.1 Å². The fraction of sp³-hybridized carbons (Fsp3) is 0.619. The van der Waals surface area contributed by atoms with Gasteiger partial charge in [-0.05, 0) is 37.7 Å². The number of hydrogen-bond acceptors (Lipinski definition) is 3. The molecule has 144 valence electrons. The van der Waals surface area contributed by atoms with Gasteiger partial charge in [-0.3, -0.25) is 4.79 Å². The largest absolute Gasteiger partial charge is 0.369 e. The number of nitrogens with one attached hydrogen (secondary N) is 1. The molecule has 1 saturated carbocycles. The zero-order chi connectivity index (χ0) is 18.6. The van der Waals surface area contributed by atoms with Gasteiger partial charge in [0, 0.05) is 31.6 Å². The third-order valence-corrected chi connectivity index (χ3v) is 6.65. The van der Waals surface area contributed by atoms with Gasteiger partial charge in [0.15, 0.2) is 0 Å². The minimum Gasteiger partial charge on any atom is -0.369 e. The summed E-state index contributed by atoms with van der Waals surface area (Å²) >= 11 is 0. The molecule has 1 aromatic carbocycles. The molecule has 3 saturated heterocycles. The molecule has 0 aromatic heterocycles. The first-order valence-corrected chi connectivity index (χ1v) is 9.93. The van der Waals surface area contributed by atoms with Crippen LogP contribution in [0.3, 0.4) is 0 Å². The molecule has 27 heavy (non-hydrogen) atoms. The fourth-order valence-corrected chi connectivity index (χ4v) is 5.54. The lowest BCUT2D eigenvalue weighted by Crippen LogP contribution is -2.78. The van der Waals surface area contributed by atoms with Crippen molar-refractivity contribution < 1.29 is 14.3 Å².